The van der Waals surface area contributed by atoms with Crippen LogP contribution in [0.15, 0.2) is 34.7 Å². The maximum absolute atomic E-state index is 5.15. The summed E-state index contributed by atoms with van der Waals surface area (Å²) in [5.41, 5.74) is 6.13. The van der Waals surface area contributed by atoms with E-state index in [1.165, 1.54) is 0 Å². The molecule has 0 bridgehead atoms. The second-order valence-electron chi connectivity index (χ2n) is 4.48. The number of aromatic nitrogens is 1. The molecule has 0 aliphatic heterocycles. The summed E-state index contributed by atoms with van der Waals surface area (Å²) in [6, 6.07) is 7.88. The second kappa shape index (κ2) is 7.05. The standard InChI is InChI=1S/C15H19N3OS/c1-4-5-11(2)17-18-15-16-14(10-20-15)12-6-8-13(19-3)9-7-12/h6-10H,4-5H2,1-3H3,(H,16,18)/b17-11+. The summed E-state index contributed by atoms with van der Waals surface area (Å²) >= 11 is 1.55. The number of hydrogen-bond acceptors (Lipinski definition) is 5. The molecule has 0 saturated heterocycles. The summed E-state index contributed by atoms with van der Waals surface area (Å²) < 4.78 is 5.15. The number of ether oxygens (including phenoxy) is 1. The molecule has 20 heavy (non-hydrogen) atoms. The monoisotopic (exact) mass is 289 g/mol. The minimum atomic E-state index is 0.811. The number of nitrogens with one attached hydrogen (secondary N) is 1. The van der Waals surface area contributed by atoms with Gasteiger partial charge in [-0.05, 0) is 37.6 Å². The fourth-order valence-electron chi connectivity index (χ4n) is 1.78. The van der Waals surface area contributed by atoms with E-state index in [4.69, 9.17) is 4.74 Å². The average Bonchev–Trinajstić information content (AvgIpc) is 2.94. The molecule has 1 heterocycles. The molecule has 1 N–H and O–H groups in total. The van der Waals surface area contributed by atoms with Crippen molar-refractivity contribution < 1.29 is 4.74 Å². The summed E-state index contributed by atoms with van der Waals surface area (Å²) in [5, 5.41) is 7.15. The highest BCUT2D eigenvalue weighted by Crippen LogP contribution is 2.26. The van der Waals surface area contributed by atoms with E-state index in [1.54, 1.807) is 18.4 Å². The molecule has 0 amide bonds. The Kier molecular flexibility index (Phi) is 5.12. The molecule has 0 saturated carbocycles. The molecule has 4 nitrogen and oxygen atoms in total. The van der Waals surface area contributed by atoms with E-state index in [9.17, 15) is 0 Å². The van der Waals surface area contributed by atoms with E-state index in [1.807, 2.05) is 36.6 Å². The number of hydrazone groups is 1. The van der Waals surface area contributed by atoms with Crippen LogP contribution in [0.3, 0.4) is 0 Å². The van der Waals surface area contributed by atoms with Crippen LogP contribution in [0.2, 0.25) is 0 Å². The first kappa shape index (κ1) is 14.5. The lowest BCUT2D eigenvalue weighted by Gasteiger charge is -2.00. The summed E-state index contributed by atoms with van der Waals surface area (Å²) in [7, 11) is 1.66. The third kappa shape index (κ3) is 3.81. The van der Waals surface area contributed by atoms with Gasteiger partial charge in [0.2, 0.25) is 5.13 Å². The van der Waals surface area contributed by atoms with Crippen molar-refractivity contribution >= 4 is 22.2 Å². The van der Waals surface area contributed by atoms with E-state index in [0.29, 0.717) is 0 Å². The van der Waals surface area contributed by atoms with E-state index in [0.717, 1.165) is 40.7 Å². The molecule has 1 aromatic heterocycles. The normalized spacial score (nSPS) is 11.4. The molecule has 5 heteroatoms. The number of rotatable bonds is 6. The summed E-state index contributed by atoms with van der Waals surface area (Å²) in [6.45, 7) is 4.17. The highest BCUT2D eigenvalue weighted by atomic mass is 32.1. The van der Waals surface area contributed by atoms with E-state index in [2.05, 4.69) is 22.4 Å². The van der Waals surface area contributed by atoms with Crippen molar-refractivity contribution in [2.75, 3.05) is 12.5 Å². The maximum Gasteiger partial charge on any atom is 0.203 e. The largest absolute Gasteiger partial charge is 0.497 e. The van der Waals surface area contributed by atoms with Crippen LogP contribution < -0.4 is 10.2 Å². The third-order valence-electron chi connectivity index (χ3n) is 2.84. The number of methoxy groups -OCH3 is 1. The van der Waals surface area contributed by atoms with Crippen molar-refractivity contribution in [3.8, 4) is 17.0 Å². The van der Waals surface area contributed by atoms with Gasteiger partial charge in [0, 0.05) is 16.7 Å². The molecule has 0 radical (unpaired) electrons. The third-order valence-corrected chi connectivity index (χ3v) is 3.59. The van der Waals surface area contributed by atoms with Crippen LogP contribution in [-0.4, -0.2) is 17.8 Å². The first-order valence-corrected chi connectivity index (χ1v) is 7.50. The zero-order chi connectivity index (χ0) is 14.4. The fraction of sp³-hybridized carbons (Fsp3) is 0.333. The topological polar surface area (TPSA) is 46.5 Å². The van der Waals surface area contributed by atoms with Gasteiger partial charge in [-0.15, -0.1) is 11.3 Å². The lowest BCUT2D eigenvalue weighted by Crippen LogP contribution is -1.96. The summed E-state index contributed by atoms with van der Waals surface area (Å²) in [4.78, 5) is 4.53. The van der Waals surface area contributed by atoms with Gasteiger partial charge in [0.25, 0.3) is 0 Å². The number of hydrogen-bond donors (Lipinski definition) is 1. The number of nitrogens with zero attached hydrogens (tertiary/aromatic N) is 2. The van der Waals surface area contributed by atoms with Crippen molar-refractivity contribution in [2.24, 2.45) is 5.10 Å². The average molecular weight is 289 g/mol. The van der Waals surface area contributed by atoms with E-state index >= 15 is 0 Å². The van der Waals surface area contributed by atoms with Gasteiger partial charge in [-0.2, -0.15) is 5.10 Å². The Balaban J connectivity index is 2.06. The second-order valence-corrected chi connectivity index (χ2v) is 5.33. The predicted octanol–water partition coefficient (Wildman–Crippen LogP) is 4.41. The zero-order valence-corrected chi connectivity index (χ0v) is 12.8. The smallest absolute Gasteiger partial charge is 0.203 e. The molecule has 2 rings (SSSR count). The van der Waals surface area contributed by atoms with Crippen LogP contribution in [-0.2, 0) is 0 Å². The van der Waals surface area contributed by atoms with Gasteiger partial charge in [0.05, 0.1) is 12.8 Å². The van der Waals surface area contributed by atoms with E-state index in [-0.39, 0.29) is 0 Å². The molecule has 0 spiro atoms. The highest BCUT2D eigenvalue weighted by molar-refractivity contribution is 7.14. The van der Waals surface area contributed by atoms with E-state index < -0.39 is 0 Å². The molecular formula is C15H19N3OS. The lowest BCUT2D eigenvalue weighted by atomic mass is 10.2. The zero-order valence-electron chi connectivity index (χ0n) is 12.0. The lowest BCUT2D eigenvalue weighted by molar-refractivity contribution is 0.415. The Morgan fingerprint density at radius 2 is 2.10 bits per heavy atom. The molecule has 0 atom stereocenters. The Labute approximate surface area is 123 Å². The minimum Gasteiger partial charge on any atom is -0.497 e. The van der Waals surface area contributed by atoms with Crippen LogP contribution in [0.4, 0.5) is 5.13 Å². The van der Waals surface area contributed by atoms with Crippen LogP contribution in [0.1, 0.15) is 26.7 Å². The van der Waals surface area contributed by atoms with Gasteiger partial charge in [-0.25, -0.2) is 4.98 Å². The molecule has 0 unspecified atom stereocenters. The first-order valence-electron chi connectivity index (χ1n) is 6.62. The van der Waals surface area contributed by atoms with Gasteiger partial charge in [-0.1, -0.05) is 13.3 Å². The SMILES string of the molecule is CCC/C(C)=N/Nc1nc(-c2ccc(OC)cc2)cs1. The molecule has 0 aliphatic rings. The summed E-state index contributed by atoms with van der Waals surface area (Å²) in [5.74, 6) is 0.849. The fourth-order valence-corrected chi connectivity index (χ4v) is 2.44. The molecule has 2 aromatic rings. The van der Waals surface area contributed by atoms with Gasteiger partial charge in [-0.3, -0.25) is 5.43 Å². The van der Waals surface area contributed by atoms with Crippen molar-refractivity contribution in [2.45, 2.75) is 26.7 Å². The van der Waals surface area contributed by atoms with Gasteiger partial charge in [0.15, 0.2) is 0 Å². The number of benzene rings is 1. The number of anilines is 1. The van der Waals surface area contributed by atoms with Crippen LogP contribution in [0, 0.1) is 0 Å². The van der Waals surface area contributed by atoms with Crippen LogP contribution in [0.5, 0.6) is 5.75 Å². The molecule has 1 aromatic carbocycles. The Hall–Kier alpha value is -1.88. The predicted molar refractivity (Wildman–Crippen MR) is 85.7 cm³/mol. The van der Waals surface area contributed by atoms with Crippen molar-refractivity contribution in [3.05, 3.63) is 29.6 Å². The van der Waals surface area contributed by atoms with Crippen molar-refractivity contribution in [3.63, 3.8) is 0 Å². The van der Waals surface area contributed by atoms with Crippen LogP contribution >= 0.6 is 11.3 Å². The van der Waals surface area contributed by atoms with Gasteiger partial charge in [0.1, 0.15) is 5.75 Å². The molecule has 106 valence electrons. The first-order chi connectivity index (χ1) is 9.72. The maximum atomic E-state index is 5.15. The Bertz CT molecular complexity index is 575. The molecule has 0 aliphatic carbocycles. The minimum absolute atomic E-state index is 0.811. The summed E-state index contributed by atoms with van der Waals surface area (Å²) in [6.07, 6.45) is 2.11. The number of thiazole rings is 1. The quantitative estimate of drug-likeness (QED) is 0.633. The Morgan fingerprint density at radius 3 is 2.75 bits per heavy atom. The molecular weight excluding hydrogens is 270 g/mol. The van der Waals surface area contributed by atoms with Crippen LogP contribution in [0.25, 0.3) is 11.3 Å². The molecule has 0 fully saturated rings. The van der Waals surface area contributed by atoms with Crippen molar-refractivity contribution in [1.29, 1.82) is 0 Å². The van der Waals surface area contributed by atoms with Gasteiger partial charge >= 0.3 is 0 Å². The highest BCUT2D eigenvalue weighted by Gasteiger charge is 2.04. The Morgan fingerprint density at radius 1 is 1.35 bits per heavy atom. The van der Waals surface area contributed by atoms with Gasteiger partial charge < -0.3 is 4.74 Å². The van der Waals surface area contributed by atoms with Crippen molar-refractivity contribution in [1.82, 2.24) is 4.98 Å².